The summed E-state index contributed by atoms with van der Waals surface area (Å²) in [4.78, 5) is 17.0. The van der Waals surface area contributed by atoms with E-state index in [1.54, 1.807) is 41.8 Å². The van der Waals surface area contributed by atoms with Crippen LogP contribution in [0.3, 0.4) is 0 Å². The van der Waals surface area contributed by atoms with Crippen LogP contribution in [0.2, 0.25) is 0 Å². The fourth-order valence-corrected chi connectivity index (χ4v) is 3.60. The monoisotopic (exact) mass is 367 g/mol. The fraction of sp³-hybridized carbons (Fsp3) is 0.0556. The molecular formula is C18H13N3O2S2. The molecule has 0 unspecified atom stereocenters. The average Bonchev–Trinajstić information content (AvgIpc) is 3.34. The fourth-order valence-electron chi connectivity index (χ4n) is 2.05. The number of aromatic nitrogens is 1. The second kappa shape index (κ2) is 7.75. The average molecular weight is 367 g/mol. The Bertz CT molecular complexity index is 936. The lowest BCUT2D eigenvalue weighted by Crippen LogP contribution is -2.00. The summed E-state index contributed by atoms with van der Waals surface area (Å²) in [6.07, 6.45) is 1.62. The second-order valence-electron chi connectivity index (χ2n) is 4.90. The summed E-state index contributed by atoms with van der Waals surface area (Å²) < 4.78 is 4.66. The molecule has 0 bridgehead atoms. The van der Waals surface area contributed by atoms with Crippen LogP contribution in [-0.4, -0.2) is 18.1 Å². The summed E-state index contributed by atoms with van der Waals surface area (Å²) >= 11 is 3.04. The van der Waals surface area contributed by atoms with Crippen molar-refractivity contribution in [3.05, 3.63) is 63.9 Å². The van der Waals surface area contributed by atoms with Crippen LogP contribution in [0.25, 0.3) is 16.1 Å². The molecule has 124 valence electrons. The number of carbonyl (C=O) groups excluding carboxylic acids is 1. The van der Waals surface area contributed by atoms with Crippen LogP contribution < -0.4 is 5.32 Å². The van der Waals surface area contributed by atoms with Crippen molar-refractivity contribution in [3.63, 3.8) is 0 Å². The van der Waals surface area contributed by atoms with Gasteiger partial charge in [0.25, 0.3) is 0 Å². The molecule has 0 fully saturated rings. The van der Waals surface area contributed by atoms with Gasteiger partial charge in [0.05, 0.1) is 23.2 Å². The van der Waals surface area contributed by atoms with Crippen molar-refractivity contribution in [2.75, 3.05) is 12.4 Å². The molecule has 2 heterocycles. The molecule has 0 spiro atoms. The summed E-state index contributed by atoms with van der Waals surface area (Å²) in [6, 6.07) is 12.9. The zero-order chi connectivity index (χ0) is 17.6. The molecular weight excluding hydrogens is 354 g/mol. The van der Waals surface area contributed by atoms with Crippen molar-refractivity contribution in [1.29, 1.82) is 5.26 Å². The third-order valence-corrected chi connectivity index (χ3v) is 5.09. The van der Waals surface area contributed by atoms with E-state index in [2.05, 4.69) is 21.1 Å². The first kappa shape index (κ1) is 16.9. The number of nitrogens with zero attached hydrogens (tertiary/aromatic N) is 2. The van der Waals surface area contributed by atoms with Gasteiger partial charge in [0.2, 0.25) is 0 Å². The van der Waals surface area contributed by atoms with Crippen molar-refractivity contribution in [2.24, 2.45) is 0 Å². The highest BCUT2D eigenvalue weighted by Gasteiger charge is 2.09. The summed E-state index contributed by atoms with van der Waals surface area (Å²) in [5, 5.41) is 17.0. The van der Waals surface area contributed by atoms with Gasteiger partial charge in [-0.1, -0.05) is 6.07 Å². The molecule has 25 heavy (non-hydrogen) atoms. The highest BCUT2D eigenvalue weighted by Crippen LogP contribution is 2.28. The molecule has 0 aliphatic heterocycles. The van der Waals surface area contributed by atoms with Gasteiger partial charge in [0.15, 0.2) is 0 Å². The first-order valence-corrected chi connectivity index (χ1v) is 9.02. The predicted octanol–water partition coefficient (Wildman–Crippen LogP) is 4.63. The molecule has 0 saturated heterocycles. The molecule has 2 aromatic heterocycles. The van der Waals surface area contributed by atoms with Gasteiger partial charge in [-0.3, -0.25) is 0 Å². The highest BCUT2D eigenvalue weighted by atomic mass is 32.1. The minimum Gasteiger partial charge on any atom is -0.465 e. The van der Waals surface area contributed by atoms with Gasteiger partial charge < -0.3 is 10.1 Å². The lowest BCUT2D eigenvalue weighted by atomic mass is 10.2. The minimum absolute atomic E-state index is 0.385. The van der Waals surface area contributed by atoms with Crippen molar-refractivity contribution in [3.8, 4) is 16.6 Å². The Kier molecular flexibility index (Phi) is 5.23. The van der Waals surface area contributed by atoms with Gasteiger partial charge in [-0.2, -0.15) is 5.26 Å². The van der Waals surface area contributed by atoms with Crippen LogP contribution in [0, 0.1) is 11.3 Å². The maximum atomic E-state index is 11.4. The normalized spacial score (nSPS) is 11.0. The van der Waals surface area contributed by atoms with Crippen LogP contribution in [0.15, 0.2) is 53.4 Å². The van der Waals surface area contributed by atoms with E-state index in [-0.39, 0.29) is 5.97 Å². The largest absolute Gasteiger partial charge is 0.465 e. The zero-order valence-electron chi connectivity index (χ0n) is 13.2. The molecule has 1 aromatic carbocycles. The van der Waals surface area contributed by atoms with Gasteiger partial charge in [-0.25, -0.2) is 9.78 Å². The number of benzene rings is 1. The molecule has 7 heteroatoms. The predicted molar refractivity (Wildman–Crippen MR) is 100 cm³/mol. The number of thiophene rings is 1. The molecule has 1 N–H and O–H groups in total. The van der Waals surface area contributed by atoms with Crippen LogP contribution in [0.1, 0.15) is 15.4 Å². The van der Waals surface area contributed by atoms with Crippen LogP contribution in [-0.2, 0) is 4.74 Å². The van der Waals surface area contributed by atoms with E-state index >= 15 is 0 Å². The number of anilines is 1. The number of nitriles is 1. The maximum absolute atomic E-state index is 11.4. The van der Waals surface area contributed by atoms with Crippen LogP contribution in [0.5, 0.6) is 0 Å². The lowest BCUT2D eigenvalue weighted by Gasteiger charge is -2.03. The molecule has 5 nitrogen and oxygen atoms in total. The standard InChI is InChI=1S/C18H13N3O2S2/c1-23-18(22)12-4-6-14(7-5-12)20-10-13(9-19)17-21-15(11-25-17)16-3-2-8-24-16/h2-8,10-11,20H,1H3. The summed E-state index contributed by atoms with van der Waals surface area (Å²) in [5.41, 5.74) is 2.55. The molecule has 3 rings (SSSR count). The van der Waals surface area contributed by atoms with Crippen LogP contribution in [0.4, 0.5) is 5.69 Å². The first-order valence-electron chi connectivity index (χ1n) is 7.26. The molecule has 0 saturated carbocycles. The van der Waals surface area contributed by atoms with Gasteiger partial charge in [0.1, 0.15) is 16.6 Å². The number of ether oxygens (including phenoxy) is 1. The van der Waals surface area contributed by atoms with Crippen molar-refractivity contribution in [1.82, 2.24) is 4.98 Å². The molecule has 0 aliphatic rings. The summed E-state index contributed by atoms with van der Waals surface area (Å²) in [5.74, 6) is -0.385. The number of rotatable bonds is 5. The van der Waals surface area contributed by atoms with Gasteiger partial charge in [-0.15, -0.1) is 22.7 Å². The van der Waals surface area contributed by atoms with Crippen molar-refractivity contribution >= 4 is 39.9 Å². The molecule has 0 atom stereocenters. The molecule has 0 aliphatic carbocycles. The molecule has 3 aromatic rings. The lowest BCUT2D eigenvalue weighted by molar-refractivity contribution is 0.0601. The first-order chi connectivity index (χ1) is 12.2. The van der Waals surface area contributed by atoms with E-state index in [1.807, 2.05) is 22.9 Å². The number of thiazole rings is 1. The Morgan fingerprint density at radius 3 is 2.72 bits per heavy atom. The number of carbonyl (C=O) groups is 1. The number of hydrogen-bond donors (Lipinski definition) is 1. The van der Waals surface area contributed by atoms with E-state index in [0.717, 1.165) is 16.3 Å². The van der Waals surface area contributed by atoms with Crippen molar-refractivity contribution in [2.45, 2.75) is 0 Å². The quantitative estimate of drug-likeness (QED) is 0.525. The van der Waals surface area contributed by atoms with E-state index in [0.29, 0.717) is 16.1 Å². The van der Waals surface area contributed by atoms with E-state index in [9.17, 15) is 10.1 Å². The Morgan fingerprint density at radius 2 is 2.08 bits per heavy atom. The number of esters is 1. The molecule has 0 radical (unpaired) electrons. The zero-order valence-corrected chi connectivity index (χ0v) is 14.9. The third-order valence-electron chi connectivity index (χ3n) is 3.32. The summed E-state index contributed by atoms with van der Waals surface area (Å²) in [7, 11) is 1.34. The number of methoxy groups -OCH3 is 1. The summed E-state index contributed by atoms with van der Waals surface area (Å²) in [6.45, 7) is 0. The highest BCUT2D eigenvalue weighted by molar-refractivity contribution is 7.14. The van der Waals surface area contributed by atoms with Crippen LogP contribution >= 0.6 is 22.7 Å². The Hall–Kier alpha value is -2.95. The van der Waals surface area contributed by atoms with Gasteiger partial charge >= 0.3 is 5.97 Å². The Balaban J connectivity index is 1.75. The topological polar surface area (TPSA) is 75.0 Å². The SMILES string of the molecule is COC(=O)c1ccc(NC=C(C#N)c2nc(-c3cccs3)cs2)cc1. The van der Waals surface area contributed by atoms with Gasteiger partial charge in [-0.05, 0) is 35.7 Å². The third kappa shape index (κ3) is 3.94. The Labute approximate surface area is 152 Å². The smallest absolute Gasteiger partial charge is 0.337 e. The van der Waals surface area contributed by atoms with Gasteiger partial charge in [0, 0.05) is 17.3 Å². The van der Waals surface area contributed by atoms with E-state index in [1.165, 1.54) is 18.4 Å². The molecule has 0 amide bonds. The number of hydrogen-bond acceptors (Lipinski definition) is 7. The van der Waals surface area contributed by atoms with Crippen molar-refractivity contribution < 1.29 is 9.53 Å². The minimum atomic E-state index is -0.385. The number of nitrogens with one attached hydrogen (secondary N) is 1. The Morgan fingerprint density at radius 1 is 1.28 bits per heavy atom. The van der Waals surface area contributed by atoms with E-state index < -0.39 is 0 Å². The number of allylic oxidation sites excluding steroid dienone is 1. The van der Waals surface area contributed by atoms with E-state index in [4.69, 9.17) is 0 Å². The second-order valence-corrected chi connectivity index (χ2v) is 6.70. The maximum Gasteiger partial charge on any atom is 0.337 e.